The number of carbonyl (C=O) groups excluding carboxylic acids is 1. The molecule has 1 atom stereocenters. The number of amides is 1. The number of anilines is 1. The summed E-state index contributed by atoms with van der Waals surface area (Å²) >= 11 is 0. The van der Waals surface area contributed by atoms with Gasteiger partial charge in [-0.3, -0.25) is 9.10 Å². The van der Waals surface area contributed by atoms with Crippen LogP contribution in [0.1, 0.15) is 44.0 Å². The van der Waals surface area contributed by atoms with E-state index in [9.17, 15) is 13.2 Å². The number of carbonyl (C=O) groups is 1. The zero-order valence-corrected chi connectivity index (χ0v) is 13.9. The average Bonchev–Trinajstić information content (AvgIpc) is 2.46. The number of nitrogens with zero attached hydrogens (tertiary/aromatic N) is 1. The van der Waals surface area contributed by atoms with E-state index in [-0.39, 0.29) is 17.7 Å². The van der Waals surface area contributed by atoms with E-state index in [2.05, 4.69) is 12.2 Å². The molecule has 1 aromatic rings. The Labute approximate surface area is 127 Å². The summed E-state index contributed by atoms with van der Waals surface area (Å²) < 4.78 is 24.9. The Morgan fingerprint density at radius 1 is 1.33 bits per heavy atom. The quantitative estimate of drug-likeness (QED) is 0.840. The van der Waals surface area contributed by atoms with Gasteiger partial charge in [0.15, 0.2) is 0 Å². The lowest BCUT2D eigenvalue weighted by Crippen LogP contribution is -2.33. The molecule has 0 aliphatic rings. The van der Waals surface area contributed by atoms with Gasteiger partial charge in [0.05, 0.1) is 11.4 Å². The maximum atomic E-state index is 12.1. The van der Waals surface area contributed by atoms with Gasteiger partial charge in [0, 0.05) is 18.7 Å². The number of benzene rings is 1. The zero-order valence-electron chi connectivity index (χ0n) is 13.1. The van der Waals surface area contributed by atoms with Gasteiger partial charge in [-0.15, -0.1) is 0 Å². The maximum Gasteiger partial charge on any atom is 0.251 e. The molecule has 1 rings (SSSR count). The summed E-state index contributed by atoms with van der Waals surface area (Å²) in [6.45, 7) is 5.61. The molecule has 0 fully saturated rings. The van der Waals surface area contributed by atoms with Gasteiger partial charge in [-0.2, -0.15) is 0 Å². The minimum absolute atomic E-state index is 0.0213. The molecule has 0 saturated heterocycles. The molecule has 118 valence electrons. The Morgan fingerprint density at radius 3 is 2.57 bits per heavy atom. The number of hydrogen-bond donors (Lipinski definition) is 1. The summed E-state index contributed by atoms with van der Waals surface area (Å²) in [7, 11) is -1.83. The van der Waals surface area contributed by atoms with Gasteiger partial charge in [-0.1, -0.05) is 19.4 Å². The van der Waals surface area contributed by atoms with Crippen LogP contribution in [0.4, 0.5) is 5.69 Å². The van der Waals surface area contributed by atoms with E-state index >= 15 is 0 Å². The summed E-state index contributed by atoms with van der Waals surface area (Å²) in [6.07, 6.45) is 1.91. The molecular formula is C15H24N2O3S. The van der Waals surface area contributed by atoms with Crippen molar-refractivity contribution in [3.05, 3.63) is 29.8 Å². The Kier molecular flexibility index (Phi) is 6.20. The largest absolute Gasteiger partial charge is 0.350 e. The molecule has 0 heterocycles. The van der Waals surface area contributed by atoms with Crippen LogP contribution in [0.5, 0.6) is 0 Å². The maximum absolute atomic E-state index is 12.1. The molecule has 0 aliphatic heterocycles. The first kappa shape index (κ1) is 17.5. The van der Waals surface area contributed by atoms with Crippen molar-refractivity contribution in [2.45, 2.75) is 39.7 Å². The van der Waals surface area contributed by atoms with Crippen LogP contribution in [0, 0.1) is 0 Å². The van der Waals surface area contributed by atoms with Gasteiger partial charge in [0.1, 0.15) is 0 Å². The van der Waals surface area contributed by atoms with Crippen LogP contribution in [0.25, 0.3) is 0 Å². The molecule has 0 aliphatic carbocycles. The average molecular weight is 312 g/mol. The molecule has 1 unspecified atom stereocenters. The van der Waals surface area contributed by atoms with Crippen LogP contribution in [-0.4, -0.2) is 33.2 Å². The Bertz CT molecular complexity index is 584. The molecule has 1 amide bonds. The van der Waals surface area contributed by atoms with E-state index in [4.69, 9.17) is 0 Å². The SMILES string of the molecule is CCCC(C)NC(=O)c1cccc(N(C)S(=O)(=O)CC)c1. The van der Waals surface area contributed by atoms with Gasteiger partial charge in [-0.25, -0.2) is 8.42 Å². The van der Waals surface area contributed by atoms with Crippen molar-refractivity contribution in [2.24, 2.45) is 0 Å². The first-order valence-electron chi connectivity index (χ1n) is 7.19. The topological polar surface area (TPSA) is 66.5 Å². The molecular weight excluding hydrogens is 288 g/mol. The van der Waals surface area contributed by atoms with Crippen molar-refractivity contribution in [2.75, 3.05) is 17.1 Å². The van der Waals surface area contributed by atoms with Gasteiger partial charge in [0.25, 0.3) is 5.91 Å². The fraction of sp³-hybridized carbons (Fsp3) is 0.533. The molecule has 0 spiro atoms. The third-order valence-electron chi connectivity index (χ3n) is 3.35. The Balaban J connectivity index is 2.93. The van der Waals surface area contributed by atoms with Crippen molar-refractivity contribution < 1.29 is 13.2 Å². The van der Waals surface area contributed by atoms with Gasteiger partial charge in [0.2, 0.25) is 10.0 Å². The highest BCUT2D eigenvalue weighted by Gasteiger charge is 2.17. The normalized spacial score (nSPS) is 12.8. The van der Waals surface area contributed by atoms with E-state index in [0.717, 1.165) is 12.8 Å². The summed E-state index contributed by atoms with van der Waals surface area (Å²) in [6, 6.07) is 6.75. The molecule has 0 radical (unpaired) electrons. The van der Waals surface area contributed by atoms with Crippen LogP contribution in [-0.2, 0) is 10.0 Å². The van der Waals surface area contributed by atoms with Crippen LogP contribution in [0.3, 0.4) is 0 Å². The standard InChI is InChI=1S/C15H24N2O3S/c1-5-8-12(3)16-15(18)13-9-7-10-14(11-13)17(4)21(19,20)6-2/h7,9-12H,5-6,8H2,1-4H3,(H,16,18). The number of hydrogen-bond acceptors (Lipinski definition) is 3. The van der Waals surface area contributed by atoms with E-state index < -0.39 is 10.0 Å². The Hall–Kier alpha value is -1.56. The van der Waals surface area contributed by atoms with Crippen molar-refractivity contribution in [1.82, 2.24) is 5.32 Å². The third-order valence-corrected chi connectivity index (χ3v) is 5.13. The van der Waals surface area contributed by atoms with Crippen molar-refractivity contribution >= 4 is 21.6 Å². The fourth-order valence-electron chi connectivity index (χ4n) is 2.01. The first-order valence-corrected chi connectivity index (χ1v) is 8.80. The van der Waals surface area contributed by atoms with Crippen LogP contribution >= 0.6 is 0 Å². The van der Waals surface area contributed by atoms with Crippen LogP contribution in [0.2, 0.25) is 0 Å². The van der Waals surface area contributed by atoms with Gasteiger partial charge < -0.3 is 5.32 Å². The highest BCUT2D eigenvalue weighted by Crippen LogP contribution is 2.18. The summed E-state index contributed by atoms with van der Waals surface area (Å²) in [5.41, 5.74) is 0.959. The summed E-state index contributed by atoms with van der Waals surface area (Å²) in [5, 5.41) is 2.91. The van der Waals surface area contributed by atoms with E-state index in [1.165, 1.54) is 11.4 Å². The lowest BCUT2D eigenvalue weighted by atomic mass is 10.1. The second-order valence-electron chi connectivity index (χ2n) is 5.08. The molecule has 6 heteroatoms. The Morgan fingerprint density at radius 2 is 2.00 bits per heavy atom. The monoisotopic (exact) mass is 312 g/mol. The smallest absolute Gasteiger partial charge is 0.251 e. The predicted molar refractivity (Wildman–Crippen MR) is 86.1 cm³/mol. The third kappa shape index (κ3) is 4.74. The molecule has 5 nitrogen and oxygen atoms in total. The van der Waals surface area contributed by atoms with Gasteiger partial charge >= 0.3 is 0 Å². The number of nitrogens with one attached hydrogen (secondary N) is 1. The zero-order chi connectivity index (χ0) is 16.0. The van der Waals surface area contributed by atoms with Crippen molar-refractivity contribution in [3.8, 4) is 0 Å². The fourth-order valence-corrected chi connectivity index (χ4v) is 2.83. The minimum Gasteiger partial charge on any atom is -0.350 e. The lowest BCUT2D eigenvalue weighted by Gasteiger charge is -2.19. The van der Waals surface area contributed by atoms with Crippen LogP contribution in [0.15, 0.2) is 24.3 Å². The molecule has 1 N–H and O–H groups in total. The first-order chi connectivity index (χ1) is 9.81. The van der Waals surface area contributed by atoms with E-state index in [1.54, 1.807) is 31.2 Å². The lowest BCUT2D eigenvalue weighted by molar-refractivity contribution is 0.0938. The highest BCUT2D eigenvalue weighted by atomic mass is 32.2. The predicted octanol–water partition coefficient (Wildman–Crippen LogP) is 2.39. The molecule has 1 aromatic carbocycles. The second kappa shape index (κ2) is 7.45. The minimum atomic E-state index is -3.32. The number of rotatable bonds is 7. The molecule has 0 saturated carbocycles. The summed E-state index contributed by atoms with van der Waals surface area (Å²) in [5.74, 6) is -0.159. The van der Waals surface area contributed by atoms with E-state index in [1.807, 2.05) is 6.92 Å². The highest BCUT2D eigenvalue weighted by molar-refractivity contribution is 7.92. The summed E-state index contributed by atoms with van der Waals surface area (Å²) in [4.78, 5) is 12.1. The molecule has 0 bridgehead atoms. The molecule has 0 aromatic heterocycles. The number of sulfonamides is 1. The van der Waals surface area contributed by atoms with Crippen molar-refractivity contribution in [3.63, 3.8) is 0 Å². The van der Waals surface area contributed by atoms with E-state index in [0.29, 0.717) is 11.3 Å². The molecule has 21 heavy (non-hydrogen) atoms. The second-order valence-corrected chi connectivity index (χ2v) is 7.37. The van der Waals surface area contributed by atoms with Gasteiger partial charge in [-0.05, 0) is 38.5 Å². The van der Waals surface area contributed by atoms with Crippen LogP contribution < -0.4 is 9.62 Å². The van der Waals surface area contributed by atoms with Crippen molar-refractivity contribution in [1.29, 1.82) is 0 Å².